The third-order valence-corrected chi connectivity index (χ3v) is 3.47. The van der Waals surface area contributed by atoms with Gasteiger partial charge >= 0.3 is 0 Å². The van der Waals surface area contributed by atoms with E-state index in [4.69, 9.17) is 5.73 Å². The molecular weight excluding hydrogens is 176 g/mol. The van der Waals surface area contributed by atoms with Crippen molar-refractivity contribution >= 4 is 0 Å². The molecule has 0 bridgehead atoms. The number of likely N-dealkylation sites (tertiary alicyclic amines) is 1. The van der Waals surface area contributed by atoms with Crippen molar-refractivity contribution in [3.63, 3.8) is 0 Å². The Morgan fingerprint density at radius 2 is 1.79 bits per heavy atom. The summed E-state index contributed by atoms with van der Waals surface area (Å²) in [4.78, 5) is 2.39. The van der Waals surface area contributed by atoms with E-state index in [0.717, 1.165) is 31.5 Å². The molecule has 1 heterocycles. The van der Waals surface area contributed by atoms with Gasteiger partial charge in [0.2, 0.25) is 0 Å². The molecule has 1 saturated carbocycles. The van der Waals surface area contributed by atoms with Crippen LogP contribution in [0.5, 0.6) is 0 Å². The molecule has 0 aromatic heterocycles. The van der Waals surface area contributed by atoms with Crippen LogP contribution in [0.25, 0.3) is 0 Å². The van der Waals surface area contributed by atoms with Crippen LogP contribution in [0.2, 0.25) is 0 Å². The van der Waals surface area contributed by atoms with Crippen molar-refractivity contribution in [1.82, 2.24) is 4.90 Å². The molecule has 2 unspecified atom stereocenters. The van der Waals surface area contributed by atoms with E-state index < -0.39 is 5.60 Å². The summed E-state index contributed by atoms with van der Waals surface area (Å²) in [6.45, 7) is 6.85. The fourth-order valence-corrected chi connectivity index (χ4v) is 3.12. The number of hydrogen-bond donors (Lipinski definition) is 2. The lowest BCUT2D eigenvalue weighted by Gasteiger charge is -2.26. The van der Waals surface area contributed by atoms with Crippen LogP contribution in [-0.4, -0.2) is 41.3 Å². The third-order valence-electron chi connectivity index (χ3n) is 3.47. The maximum atomic E-state index is 9.73. The highest BCUT2D eigenvalue weighted by molar-refractivity contribution is 4.94. The molecule has 0 amide bonds. The summed E-state index contributed by atoms with van der Waals surface area (Å²) < 4.78 is 0. The molecule has 0 aromatic carbocycles. The Bertz CT molecular complexity index is 198. The zero-order valence-electron chi connectivity index (χ0n) is 9.24. The van der Waals surface area contributed by atoms with Gasteiger partial charge in [0.15, 0.2) is 0 Å². The highest BCUT2D eigenvalue weighted by Crippen LogP contribution is 2.37. The normalized spacial score (nSPS) is 39.0. The van der Waals surface area contributed by atoms with Gasteiger partial charge in [-0.05, 0) is 38.5 Å². The van der Waals surface area contributed by atoms with Crippen LogP contribution < -0.4 is 5.73 Å². The van der Waals surface area contributed by atoms with Crippen molar-refractivity contribution in [2.75, 3.05) is 19.6 Å². The first-order valence-corrected chi connectivity index (χ1v) is 5.64. The molecule has 1 saturated heterocycles. The third kappa shape index (κ3) is 2.27. The summed E-state index contributed by atoms with van der Waals surface area (Å²) in [6, 6.07) is 0.439. The molecule has 82 valence electrons. The zero-order chi connectivity index (χ0) is 10.3. The van der Waals surface area contributed by atoms with Gasteiger partial charge in [0.1, 0.15) is 0 Å². The molecule has 1 aliphatic carbocycles. The minimum Gasteiger partial charge on any atom is -0.389 e. The van der Waals surface area contributed by atoms with Crippen LogP contribution in [0.3, 0.4) is 0 Å². The quantitative estimate of drug-likeness (QED) is 0.676. The SMILES string of the molecule is CC(C)(O)CN1CC2CC(N)CC2C1. The molecule has 2 aliphatic rings. The first-order valence-electron chi connectivity index (χ1n) is 5.64. The van der Waals surface area contributed by atoms with E-state index in [0.29, 0.717) is 6.04 Å². The van der Waals surface area contributed by atoms with Crippen LogP contribution in [0.15, 0.2) is 0 Å². The topological polar surface area (TPSA) is 49.5 Å². The minimum absolute atomic E-state index is 0.439. The minimum atomic E-state index is -0.555. The van der Waals surface area contributed by atoms with Gasteiger partial charge in [-0.15, -0.1) is 0 Å². The molecule has 2 rings (SSSR count). The fourth-order valence-electron chi connectivity index (χ4n) is 3.12. The summed E-state index contributed by atoms with van der Waals surface area (Å²) >= 11 is 0. The Hall–Kier alpha value is -0.120. The average molecular weight is 198 g/mol. The van der Waals surface area contributed by atoms with E-state index in [-0.39, 0.29) is 0 Å². The largest absolute Gasteiger partial charge is 0.389 e. The molecule has 2 atom stereocenters. The highest BCUT2D eigenvalue weighted by Gasteiger charge is 2.40. The van der Waals surface area contributed by atoms with E-state index in [9.17, 15) is 5.11 Å². The van der Waals surface area contributed by atoms with Gasteiger partial charge in [-0.3, -0.25) is 4.90 Å². The van der Waals surface area contributed by atoms with E-state index in [1.807, 2.05) is 13.8 Å². The number of fused-ring (bicyclic) bond motifs is 1. The molecule has 2 fully saturated rings. The Balaban J connectivity index is 1.86. The van der Waals surface area contributed by atoms with Gasteiger partial charge in [-0.2, -0.15) is 0 Å². The van der Waals surface area contributed by atoms with Crippen molar-refractivity contribution in [1.29, 1.82) is 0 Å². The van der Waals surface area contributed by atoms with Crippen molar-refractivity contribution in [3.05, 3.63) is 0 Å². The van der Waals surface area contributed by atoms with Crippen LogP contribution in [-0.2, 0) is 0 Å². The molecule has 3 N–H and O–H groups in total. The van der Waals surface area contributed by atoms with Gasteiger partial charge in [0, 0.05) is 25.7 Å². The zero-order valence-corrected chi connectivity index (χ0v) is 9.24. The van der Waals surface area contributed by atoms with Crippen molar-refractivity contribution < 1.29 is 5.11 Å². The van der Waals surface area contributed by atoms with Crippen molar-refractivity contribution in [3.8, 4) is 0 Å². The second kappa shape index (κ2) is 3.47. The molecule has 0 spiro atoms. The number of nitrogens with two attached hydrogens (primary N) is 1. The number of hydrogen-bond acceptors (Lipinski definition) is 3. The first kappa shape index (κ1) is 10.4. The molecule has 14 heavy (non-hydrogen) atoms. The highest BCUT2D eigenvalue weighted by atomic mass is 16.3. The predicted molar refractivity (Wildman–Crippen MR) is 56.9 cm³/mol. The number of β-amino-alcohol motifs (C(OH)–C–C–N with tert-alkyl or cyclic N) is 1. The van der Waals surface area contributed by atoms with E-state index in [2.05, 4.69) is 4.90 Å². The van der Waals surface area contributed by atoms with Gasteiger partial charge in [-0.25, -0.2) is 0 Å². The number of rotatable bonds is 2. The lowest BCUT2D eigenvalue weighted by Crippen LogP contribution is -2.38. The van der Waals surface area contributed by atoms with Gasteiger partial charge in [0.05, 0.1) is 5.60 Å². The Morgan fingerprint density at radius 1 is 1.29 bits per heavy atom. The van der Waals surface area contributed by atoms with Gasteiger partial charge in [-0.1, -0.05) is 0 Å². The standard InChI is InChI=1S/C11H22N2O/c1-11(2,14)7-13-5-8-3-10(12)4-9(8)6-13/h8-10,14H,3-7,12H2,1-2H3. The van der Waals surface area contributed by atoms with Crippen LogP contribution >= 0.6 is 0 Å². The maximum Gasteiger partial charge on any atom is 0.0718 e. The van der Waals surface area contributed by atoms with Crippen LogP contribution in [0.1, 0.15) is 26.7 Å². The molecule has 3 heteroatoms. The van der Waals surface area contributed by atoms with E-state index >= 15 is 0 Å². The van der Waals surface area contributed by atoms with Crippen LogP contribution in [0.4, 0.5) is 0 Å². The molecule has 0 radical (unpaired) electrons. The molecular formula is C11H22N2O. The fraction of sp³-hybridized carbons (Fsp3) is 1.00. The monoisotopic (exact) mass is 198 g/mol. The molecule has 0 aromatic rings. The summed E-state index contributed by atoms with van der Waals surface area (Å²) in [6.07, 6.45) is 2.38. The Kier molecular flexibility index (Phi) is 2.58. The number of nitrogens with zero attached hydrogens (tertiary/aromatic N) is 1. The summed E-state index contributed by atoms with van der Waals surface area (Å²) in [5.41, 5.74) is 5.37. The lowest BCUT2D eigenvalue weighted by molar-refractivity contribution is 0.0414. The maximum absolute atomic E-state index is 9.73. The summed E-state index contributed by atoms with van der Waals surface area (Å²) in [5, 5.41) is 9.73. The Labute approximate surface area is 86.3 Å². The van der Waals surface area contributed by atoms with Gasteiger partial charge < -0.3 is 10.8 Å². The second-order valence-corrected chi connectivity index (χ2v) is 5.76. The first-order chi connectivity index (χ1) is 6.44. The summed E-state index contributed by atoms with van der Waals surface area (Å²) in [5.74, 6) is 1.60. The molecule has 3 nitrogen and oxygen atoms in total. The lowest BCUT2D eigenvalue weighted by atomic mass is 10.0. The van der Waals surface area contributed by atoms with E-state index in [1.54, 1.807) is 0 Å². The average Bonchev–Trinajstić information content (AvgIpc) is 2.39. The summed E-state index contributed by atoms with van der Waals surface area (Å²) in [7, 11) is 0. The molecule has 1 aliphatic heterocycles. The van der Waals surface area contributed by atoms with E-state index in [1.165, 1.54) is 12.8 Å². The van der Waals surface area contributed by atoms with Crippen LogP contribution in [0, 0.1) is 11.8 Å². The Morgan fingerprint density at radius 3 is 2.21 bits per heavy atom. The van der Waals surface area contributed by atoms with Crippen molar-refractivity contribution in [2.24, 2.45) is 17.6 Å². The predicted octanol–water partition coefficient (Wildman–Crippen LogP) is 0.426. The second-order valence-electron chi connectivity index (χ2n) is 5.76. The smallest absolute Gasteiger partial charge is 0.0718 e. The van der Waals surface area contributed by atoms with Crippen molar-refractivity contribution in [2.45, 2.75) is 38.3 Å². The number of aliphatic hydroxyl groups is 1. The van der Waals surface area contributed by atoms with Gasteiger partial charge in [0.25, 0.3) is 0 Å².